The third kappa shape index (κ3) is 2.92. The van der Waals surface area contributed by atoms with Crippen molar-refractivity contribution in [1.82, 2.24) is 9.88 Å². The van der Waals surface area contributed by atoms with Crippen LogP contribution in [-0.2, 0) is 16.0 Å². The Hall–Kier alpha value is -2.30. The fourth-order valence-electron chi connectivity index (χ4n) is 4.35. The van der Waals surface area contributed by atoms with Gasteiger partial charge < -0.3 is 15.0 Å². The van der Waals surface area contributed by atoms with Crippen LogP contribution >= 0.6 is 0 Å². The maximum Gasteiger partial charge on any atom is 0.307 e. The first-order valence-electron chi connectivity index (χ1n) is 9.06. The summed E-state index contributed by atoms with van der Waals surface area (Å²) in [6.45, 7) is 3.48. The number of aliphatic carboxylic acids is 1. The third-order valence-electron chi connectivity index (χ3n) is 6.13. The van der Waals surface area contributed by atoms with Crippen molar-refractivity contribution in [1.29, 1.82) is 0 Å². The molecule has 1 amide bonds. The predicted octanol–water partition coefficient (Wildman–Crippen LogP) is 3.12. The number of nitrogens with zero attached hydrogens (tertiary/aromatic N) is 1. The number of benzene rings is 1. The van der Waals surface area contributed by atoms with Crippen LogP contribution in [0.3, 0.4) is 0 Å². The number of carboxylic acids is 1. The van der Waals surface area contributed by atoms with Gasteiger partial charge in [0.2, 0.25) is 5.91 Å². The van der Waals surface area contributed by atoms with Gasteiger partial charge in [-0.05, 0) is 55.7 Å². The summed E-state index contributed by atoms with van der Waals surface area (Å²) >= 11 is 0. The predicted molar refractivity (Wildman–Crippen MR) is 95.3 cm³/mol. The Labute approximate surface area is 147 Å². The van der Waals surface area contributed by atoms with E-state index in [1.807, 2.05) is 11.1 Å². The van der Waals surface area contributed by atoms with E-state index in [2.05, 4.69) is 30.1 Å². The molecule has 1 saturated carbocycles. The summed E-state index contributed by atoms with van der Waals surface area (Å²) in [5.41, 5.74) is 3.50. The SMILES string of the molecule is Cc1ccc2[nH]cc(CCC(=O)N3CCC4(CC3)CC4C(=O)O)c2c1. The van der Waals surface area contributed by atoms with Crippen LogP contribution in [0.15, 0.2) is 24.4 Å². The van der Waals surface area contributed by atoms with Gasteiger partial charge in [0, 0.05) is 36.6 Å². The minimum atomic E-state index is -0.672. The number of aromatic amines is 1. The lowest BCUT2D eigenvalue weighted by molar-refractivity contribution is -0.139. The first-order chi connectivity index (χ1) is 12.0. The molecule has 5 heteroatoms. The van der Waals surface area contributed by atoms with Crippen molar-refractivity contribution in [3.05, 3.63) is 35.5 Å². The molecule has 1 spiro atoms. The average molecular weight is 340 g/mol. The molecular formula is C20H24N2O3. The van der Waals surface area contributed by atoms with E-state index in [4.69, 9.17) is 5.11 Å². The molecule has 1 aromatic heterocycles. The van der Waals surface area contributed by atoms with Gasteiger partial charge in [0.25, 0.3) is 0 Å². The van der Waals surface area contributed by atoms with E-state index in [-0.39, 0.29) is 17.2 Å². The fourth-order valence-corrected chi connectivity index (χ4v) is 4.35. The lowest BCUT2D eigenvalue weighted by Crippen LogP contribution is -2.40. The number of hydrogen-bond donors (Lipinski definition) is 2. The molecule has 1 aliphatic heterocycles. The van der Waals surface area contributed by atoms with Crippen molar-refractivity contribution >= 4 is 22.8 Å². The normalized spacial score (nSPS) is 21.6. The van der Waals surface area contributed by atoms with Gasteiger partial charge in [-0.1, -0.05) is 11.6 Å². The second kappa shape index (κ2) is 5.90. The summed E-state index contributed by atoms with van der Waals surface area (Å²) < 4.78 is 0. The molecule has 2 aliphatic rings. The molecule has 1 unspecified atom stereocenters. The molecule has 1 aliphatic carbocycles. The van der Waals surface area contributed by atoms with E-state index >= 15 is 0 Å². The van der Waals surface area contributed by atoms with Crippen LogP contribution in [0.4, 0.5) is 0 Å². The zero-order valence-electron chi connectivity index (χ0n) is 14.5. The third-order valence-corrected chi connectivity index (χ3v) is 6.13. The van der Waals surface area contributed by atoms with Crippen LogP contribution < -0.4 is 0 Å². The number of aromatic nitrogens is 1. The molecule has 25 heavy (non-hydrogen) atoms. The summed E-state index contributed by atoms with van der Waals surface area (Å²) in [6, 6.07) is 6.32. The Morgan fingerprint density at radius 2 is 2.08 bits per heavy atom. The maximum atomic E-state index is 12.5. The molecule has 0 bridgehead atoms. The van der Waals surface area contributed by atoms with Crippen molar-refractivity contribution in [2.45, 2.75) is 39.0 Å². The Balaban J connectivity index is 1.34. The number of carbonyl (C=O) groups excluding carboxylic acids is 1. The summed E-state index contributed by atoms with van der Waals surface area (Å²) in [5.74, 6) is -0.669. The lowest BCUT2D eigenvalue weighted by Gasteiger charge is -2.32. The van der Waals surface area contributed by atoms with E-state index < -0.39 is 5.97 Å². The number of H-pyrrole nitrogens is 1. The molecule has 2 aromatic rings. The molecule has 0 radical (unpaired) electrons. The minimum absolute atomic E-state index is 0.0169. The number of amides is 1. The van der Waals surface area contributed by atoms with E-state index in [1.54, 1.807) is 0 Å². The van der Waals surface area contributed by atoms with Crippen molar-refractivity contribution < 1.29 is 14.7 Å². The number of aryl methyl sites for hydroxylation is 2. The summed E-state index contributed by atoms with van der Waals surface area (Å²) in [4.78, 5) is 28.9. The van der Waals surface area contributed by atoms with E-state index in [0.29, 0.717) is 19.5 Å². The molecule has 1 aromatic carbocycles. The molecule has 132 valence electrons. The van der Waals surface area contributed by atoms with Gasteiger partial charge in [-0.2, -0.15) is 0 Å². The Morgan fingerprint density at radius 3 is 2.76 bits per heavy atom. The summed E-state index contributed by atoms with van der Waals surface area (Å²) in [6.07, 6.45) is 5.71. The standard InChI is InChI=1S/C20H24N2O3/c1-13-2-4-17-15(10-13)14(12-21-17)3-5-18(23)22-8-6-20(7-9-22)11-16(20)19(24)25/h2,4,10,12,16,21H,3,5-9,11H2,1H3,(H,24,25). The summed E-state index contributed by atoms with van der Waals surface area (Å²) in [7, 11) is 0. The lowest BCUT2D eigenvalue weighted by atomic mass is 9.90. The highest BCUT2D eigenvalue weighted by atomic mass is 16.4. The highest BCUT2D eigenvalue weighted by molar-refractivity contribution is 5.85. The molecule has 5 nitrogen and oxygen atoms in total. The second-order valence-electron chi connectivity index (χ2n) is 7.70. The highest BCUT2D eigenvalue weighted by Crippen LogP contribution is 2.59. The molecule has 2 N–H and O–H groups in total. The Morgan fingerprint density at radius 1 is 1.32 bits per heavy atom. The highest BCUT2D eigenvalue weighted by Gasteiger charge is 2.59. The number of carbonyl (C=O) groups is 2. The van der Waals surface area contributed by atoms with E-state index in [1.165, 1.54) is 16.5 Å². The van der Waals surface area contributed by atoms with Crippen molar-refractivity contribution in [2.24, 2.45) is 11.3 Å². The first-order valence-corrected chi connectivity index (χ1v) is 9.06. The van der Waals surface area contributed by atoms with Crippen molar-refractivity contribution in [3.8, 4) is 0 Å². The number of rotatable bonds is 4. The van der Waals surface area contributed by atoms with Gasteiger partial charge in [-0.3, -0.25) is 9.59 Å². The van der Waals surface area contributed by atoms with Gasteiger partial charge >= 0.3 is 5.97 Å². The minimum Gasteiger partial charge on any atom is -0.481 e. The molecule has 4 rings (SSSR count). The van der Waals surface area contributed by atoms with Crippen LogP contribution in [-0.4, -0.2) is 40.0 Å². The van der Waals surface area contributed by atoms with Crippen LogP contribution in [0.5, 0.6) is 0 Å². The molecule has 2 heterocycles. The van der Waals surface area contributed by atoms with Crippen LogP contribution in [0.2, 0.25) is 0 Å². The van der Waals surface area contributed by atoms with E-state index in [0.717, 1.165) is 31.2 Å². The Bertz CT molecular complexity index is 831. The number of fused-ring (bicyclic) bond motifs is 1. The van der Waals surface area contributed by atoms with Gasteiger partial charge in [0.05, 0.1) is 5.92 Å². The zero-order chi connectivity index (χ0) is 17.6. The molecular weight excluding hydrogens is 316 g/mol. The monoisotopic (exact) mass is 340 g/mol. The number of piperidine rings is 1. The van der Waals surface area contributed by atoms with Crippen molar-refractivity contribution in [3.63, 3.8) is 0 Å². The quantitative estimate of drug-likeness (QED) is 0.898. The maximum absolute atomic E-state index is 12.5. The largest absolute Gasteiger partial charge is 0.481 e. The summed E-state index contributed by atoms with van der Waals surface area (Å²) in [5, 5.41) is 10.4. The van der Waals surface area contributed by atoms with Crippen LogP contribution in [0, 0.1) is 18.3 Å². The molecule has 1 atom stereocenters. The zero-order valence-corrected chi connectivity index (χ0v) is 14.5. The van der Waals surface area contributed by atoms with Gasteiger partial charge in [-0.25, -0.2) is 0 Å². The topological polar surface area (TPSA) is 73.4 Å². The van der Waals surface area contributed by atoms with Gasteiger partial charge in [0.1, 0.15) is 0 Å². The second-order valence-corrected chi connectivity index (χ2v) is 7.70. The van der Waals surface area contributed by atoms with Crippen LogP contribution in [0.25, 0.3) is 10.9 Å². The van der Waals surface area contributed by atoms with E-state index in [9.17, 15) is 9.59 Å². The fraction of sp³-hybridized carbons (Fsp3) is 0.500. The Kier molecular flexibility index (Phi) is 3.82. The average Bonchev–Trinajstić information content (AvgIpc) is 3.15. The van der Waals surface area contributed by atoms with Gasteiger partial charge in [0.15, 0.2) is 0 Å². The molecule has 1 saturated heterocycles. The smallest absolute Gasteiger partial charge is 0.307 e. The first kappa shape index (κ1) is 16.2. The van der Waals surface area contributed by atoms with Crippen molar-refractivity contribution in [2.75, 3.05) is 13.1 Å². The van der Waals surface area contributed by atoms with Gasteiger partial charge in [-0.15, -0.1) is 0 Å². The number of nitrogens with one attached hydrogen (secondary N) is 1. The number of likely N-dealkylation sites (tertiary alicyclic amines) is 1. The number of carboxylic acid groups (broad SMARTS) is 1. The van der Waals surface area contributed by atoms with Crippen LogP contribution in [0.1, 0.15) is 36.8 Å². The number of hydrogen-bond acceptors (Lipinski definition) is 2. The molecule has 2 fully saturated rings.